The summed E-state index contributed by atoms with van der Waals surface area (Å²) in [6, 6.07) is 9.71. The van der Waals surface area contributed by atoms with E-state index in [1.807, 2.05) is 6.07 Å². The Labute approximate surface area is 184 Å². The lowest BCUT2D eigenvalue weighted by molar-refractivity contribution is -0.136. The fraction of sp³-hybridized carbons (Fsp3) is 0.500. The van der Waals surface area contributed by atoms with Crippen LogP contribution in [0.1, 0.15) is 63.6 Å². The smallest absolute Gasteiger partial charge is 0.307 e. The molecule has 1 saturated carbocycles. The van der Waals surface area contributed by atoms with E-state index < -0.39 is 11.8 Å². The van der Waals surface area contributed by atoms with E-state index in [1.165, 1.54) is 18.9 Å². The number of hydrogen-bond donors (Lipinski definition) is 1. The fourth-order valence-corrected chi connectivity index (χ4v) is 5.01. The van der Waals surface area contributed by atoms with Crippen LogP contribution in [0.25, 0.3) is 11.1 Å². The lowest BCUT2D eigenvalue weighted by Gasteiger charge is -2.43. The highest BCUT2D eigenvalue weighted by atomic mass is 19.1. The largest absolute Gasteiger partial charge is 0.487 e. The molecule has 5 heteroatoms. The van der Waals surface area contributed by atoms with Crippen LogP contribution >= 0.6 is 0 Å². The number of fused-ring (bicyclic) bond motifs is 1. The number of carbonyl (C=O) groups is 1. The van der Waals surface area contributed by atoms with Crippen molar-refractivity contribution in [3.05, 3.63) is 52.8 Å². The summed E-state index contributed by atoms with van der Waals surface area (Å²) < 4.78 is 21.1. The van der Waals surface area contributed by atoms with E-state index in [4.69, 9.17) is 9.84 Å². The monoisotopic (exact) mass is 425 g/mol. The summed E-state index contributed by atoms with van der Waals surface area (Å²) in [5.74, 6) is -0.557. The second-order valence-electron chi connectivity index (χ2n) is 10.5. The van der Waals surface area contributed by atoms with Crippen LogP contribution < -0.4 is 4.74 Å². The van der Waals surface area contributed by atoms with Gasteiger partial charge < -0.3 is 9.84 Å². The van der Waals surface area contributed by atoms with Crippen LogP contribution in [0.15, 0.2) is 30.3 Å². The van der Waals surface area contributed by atoms with Crippen LogP contribution in [0, 0.1) is 5.82 Å². The van der Waals surface area contributed by atoms with Crippen LogP contribution in [0.5, 0.6) is 5.75 Å². The summed E-state index contributed by atoms with van der Waals surface area (Å²) >= 11 is 0. The Morgan fingerprint density at radius 3 is 2.45 bits per heavy atom. The standard InChI is InChI=1S/C26H32FNO3/c1-25(2)15-26(3,4)31-24-19(14-28(5)20-8-9-20)10-18(11-21(24)25)16-6-7-17(13-23(29)30)22(27)12-16/h6-7,10-12,20H,8-9,13-15H2,1-5H3,(H,29,30). The first kappa shape index (κ1) is 21.8. The zero-order chi connectivity index (χ0) is 22.6. The fourth-order valence-electron chi connectivity index (χ4n) is 5.01. The van der Waals surface area contributed by atoms with Gasteiger partial charge in [0.15, 0.2) is 0 Å². The molecule has 2 aliphatic rings. The van der Waals surface area contributed by atoms with E-state index in [1.54, 1.807) is 6.07 Å². The SMILES string of the molecule is CN(Cc1cc(-c2ccc(CC(=O)O)c(F)c2)cc2c1OC(C)(C)CC2(C)C)C1CC1. The van der Waals surface area contributed by atoms with Gasteiger partial charge in [-0.1, -0.05) is 26.0 Å². The summed E-state index contributed by atoms with van der Waals surface area (Å²) in [7, 11) is 2.15. The average Bonchev–Trinajstić information content (AvgIpc) is 3.47. The van der Waals surface area contributed by atoms with Crippen molar-refractivity contribution in [1.82, 2.24) is 4.90 Å². The summed E-state index contributed by atoms with van der Waals surface area (Å²) in [4.78, 5) is 13.4. The molecule has 4 rings (SSSR count). The molecular weight excluding hydrogens is 393 g/mol. The highest BCUT2D eigenvalue weighted by molar-refractivity contribution is 5.72. The number of aliphatic carboxylic acids is 1. The predicted molar refractivity (Wildman–Crippen MR) is 120 cm³/mol. The van der Waals surface area contributed by atoms with Crippen LogP contribution in [-0.2, 0) is 23.2 Å². The number of benzene rings is 2. The van der Waals surface area contributed by atoms with Crippen LogP contribution in [0.4, 0.5) is 4.39 Å². The number of halogens is 1. The average molecular weight is 426 g/mol. The summed E-state index contributed by atoms with van der Waals surface area (Å²) in [5, 5.41) is 8.99. The van der Waals surface area contributed by atoms with Gasteiger partial charge in [0.1, 0.15) is 17.2 Å². The molecule has 0 aromatic heterocycles. The van der Waals surface area contributed by atoms with Crippen molar-refractivity contribution in [2.45, 2.75) is 77.0 Å². The van der Waals surface area contributed by atoms with Crippen molar-refractivity contribution in [2.24, 2.45) is 0 Å². The molecule has 0 amide bonds. The molecule has 1 aliphatic carbocycles. The van der Waals surface area contributed by atoms with Crippen LogP contribution in [0.3, 0.4) is 0 Å². The van der Waals surface area contributed by atoms with Crippen molar-refractivity contribution in [3.63, 3.8) is 0 Å². The molecule has 0 spiro atoms. The second-order valence-corrected chi connectivity index (χ2v) is 10.5. The molecule has 0 atom stereocenters. The normalized spacial score (nSPS) is 19.1. The van der Waals surface area contributed by atoms with Gasteiger partial charge in [-0.15, -0.1) is 0 Å². The zero-order valence-electron chi connectivity index (χ0n) is 19.1. The number of carboxylic acids is 1. The van der Waals surface area contributed by atoms with Crippen molar-refractivity contribution >= 4 is 5.97 Å². The minimum Gasteiger partial charge on any atom is -0.487 e. The van der Waals surface area contributed by atoms with Gasteiger partial charge in [-0.2, -0.15) is 0 Å². The van der Waals surface area contributed by atoms with Gasteiger partial charge in [0, 0.05) is 23.7 Å². The molecule has 2 aromatic rings. The van der Waals surface area contributed by atoms with Crippen molar-refractivity contribution in [2.75, 3.05) is 7.05 Å². The molecule has 4 nitrogen and oxygen atoms in total. The van der Waals surface area contributed by atoms with E-state index in [0.717, 1.165) is 41.0 Å². The molecule has 1 N–H and O–H groups in total. The first-order valence-corrected chi connectivity index (χ1v) is 11.0. The molecule has 2 aromatic carbocycles. The molecule has 31 heavy (non-hydrogen) atoms. The van der Waals surface area contributed by atoms with Gasteiger partial charge in [0.25, 0.3) is 0 Å². The van der Waals surface area contributed by atoms with Crippen LogP contribution in [0.2, 0.25) is 0 Å². The molecule has 0 saturated heterocycles. The van der Waals surface area contributed by atoms with Crippen molar-refractivity contribution < 1.29 is 19.0 Å². The van der Waals surface area contributed by atoms with E-state index in [0.29, 0.717) is 6.04 Å². The summed E-state index contributed by atoms with van der Waals surface area (Å²) in [6.07, 6.45) is 3.03. The van der Waals surface area contributed by atoms with E-state index in [2.05, 4.69) is 51.8 Å². The Bertz CT molecular complexity index is 1020. The topological polar surface area (TPSA) is 49.8 Å². The lowest BCUT2D eigenvalue weighted by Crippen LogP contribution is -2.42. The van der Waals surface area contributed by atoms with Gasteiger partial charge in [-0.05, 0) is 80.5 Å². The molecule has 1 heterocycles. The van der Waals surface area contributed by atoms with Crippen molar-refractivity contribution in [3.8, 4) is 16.9 Å². The van der Waals surface area contributed by atoms with Gasteiger partial charge in [0.05, 0.1) is 6.42 Å². The second kappa shape index (κ2) is 7.63. The van der Waals surface area contributed by atoms with Crippen molar-refractivity contribution in [1.29, 1.82) is 0 Å². The van der Waals surface area contributed by atoms with Gasteiger partial charge in [0.2, 0.25) is 0 Å². The Balaban J connectivity index is 1.81. The highest BCUT2D eigenvalue weighted by Crippen LogP contribution is 2.48. The number of nitrogens with zero attached hydrogens (tertiary/aromatic N) is 1. The highest BCUT2D eigenvalue weighted by Gasteiger charge is 2.40. The number of hydrogen-bond acceptors (Lipinski definition) is 3. The molecule has 0 radical (unpaired) electrons. The molecular formula is C26H32FNO3. The Morgan fingerprint density at radius 1 is 1.13 bits per heavy atom. The Morgan fingerprint density at radius 2 is 1.84 bits per heavy atom. The molecule has 1 fully saturated rings. The van der Waals surface area contributed by atoms with Gasteiger partial charge >= 0.3 is 5.97 Å². The van der Waals surface area contributed by atoms with Gasteiger partial charge in [-0.25, -0.2) is 4.39 Å². The minimum absolute atomic E-state index is 0.0816. The van der Waals surface area contributed by atoms with Gasteiger partial charge in [-0.3, -0.25) is 9.69 Å². The molecule has 0 unspecified atom stereocenters. The lowest BCUT2D eigenvalue weighted by atomic mass is 9.72. The molecule has 166 valence electrons. The maximum atomic E-state index is 14.6. The number of carboxylic acid groups (broad SMARTS) is 1. The number of ether oxygens (including phenoxy) is 1. The third-order valence-corrected chi connectivity index (χ3v) is 6.46. The van der Waals surface area contributed by atoms with E-state index in [9.17, 15) is 9.18 Å². The Kier molecular flexibility index (Phi) is 5.37. The Hall–Kier alpha value is -2.40. The molecule has 0 bridgehead atoms. The third kappa shape index (κ3) is 4.62. The maximum Gasteiger partial charge on any atom is 0.307 e. The predicted octanol–water partition coefficient (Wildman–Crippen LogP) is 5.55. The number of rotatable bonds is 6. The quantitative estimate of drug-likeness (QED) is 0.659. The zero-order valence-corrected chi connectivity index (χ0v) is 19.1. The van der Waals surface area contributed by atoms with E-state index in [-0.39, 0.29) is 23.0 Å². The van der Waals surface area contributed by atoms with E-state index >= 15 is 0 Å². The minimum atomic E-state index is -1.03. The first-order valence-electron chi connectivity index (χ1n) is 11.0. The summed E-state index contributed by atoms with van der Waals surface area (Å²) in [6.45, 7) is 9.54. The first-order chi connectivity index (χ1) is 14.4. The molecule has 1 aliphatic heterocycles. The maximum absolute atomic E-state index is 14.6. The third-order valence-electron chi connectivity index (χ3n) is 6.46. The summed E-state index contributed by atoms with van der Waals surface area (Å²) in [5.41, 5.74) is 3.84. The van der Waals surface area contributed by atoms with Crippen LogP contribution in [-0.4, -0.2) is 34.7 Å².